The van der Waals surface area contributed by atoms with Gasteiger partial charge in [-0.3, -0.25) is 19.4 Å². The molecule has 2 heterocycles. The summed E-state index contributed by atoms with van der Waals surface area (Å²) < 4.78 is 20.1. The number of benzene rings is 1. The SMILES string of the molecule is CC(C)Oc1c(F)cccc1N1CCN(CCCN2C(=O)CC(C)(NC3CC3)C2=O)CC1.Cl. The molecule has 1 atom stereocenters. The van der Waals surface area contributed by atoms with Gasteiger partial charge in [-0.2, -0.15) is 0 Å². The zero-order chi connectivity index (χ0) is 22.9. The quantitative estimate of drug-likeness (QED) is 0.546. The molecule has 0 bridgehead atoms. The summed E-state index contributed by atoms with van der Waals surface area (Å²) in [4.78, 5) is 31.2. The molecule has 0 aromatic heterocycles. The number of halogens is 2. The average Bonchev–Trinajstić information content (AvgIpc) is 3.52. The molecule has 2 saturated heterocycles. The second-order valence-corrected chi connectivity index (χ2v) is 9.71. The minimum Gasteiger partial charge on any atom is -0.486 e. The van der Waals surface area contributed by atoms with E-state index in [1.54, 1.807) is 6.07 Å². The number of ether oxygens (including phenoxy) is 1. The van der Waals surface area contributed by atoms with Crippen LogP contribution in [0.1, 0.15) is 46.5 Å². The molecular formula is C24H36ClFN4O3. The fourth-order valence-electron chi connectivity index (χ4n) is 4.67. The Morgan fingerprint density at radius 3 is 2.48 bits per heavy atom. The van der Waals surface area contributed by atoms with E-state index in [0.717, 1.165) is 57.7 Å². The van der Waals surface area contributed by atoms with Gasteiger partial charge in [0, 0.05) is 38.8 Å². The number of para-hydroxylation sites is 1. The number of carbonyl (C=O) groups is 2. The summed E-state index contributed by atoms with van der Waals surface area (Å²) in [5.74, 6) is -0.158. The summed E-state index contributed by atoms with van der Waals surface area (Å²) in [6.07, 6.45) is 3.10. The minimum absolute atomic E-state index is 0. The van der Waals surface area contributed by atoms with Gasteiger partial charge in [0.1, 0.15) is 5.54 Å². The van der Waals surface area contributed by atoms with Crippen molar-refractivity contribution in [1.82, 2.24) is 15.1 Å². The van der Waals surface area contributed by atoms with Crippen LogP contribution in [0, 0.1) is 5.82 Å². The predicted octanol–water partition coefficient (Wildman–Crippen LogP) is 2.82. The van der Waals surface area contributed by atoms with Crippen molar-refractivity contribution in [2.24, 2.45) is 0 Å². The fraction of sp³-hybridized carbons (Fsp3) is 0.667. The number of anilines is 1. The molecule has 4 rings (SSSR count). The van der Waals surface area contributed by atoms with Crippen LogP contribution in [0.25, 0.3) is 0 Å². The Kier molecular flexibility index (Phi) is 8.24. The van der Waals surface area contributed by atoms with Crippen LogP contribution in [0.5, 0.6) is 5.75 Å². The van der Waals surface area contributed by atoms with E-state index in [9.17, 15) is 14.0 Å². The first kappa shape index (κ1) is 25.7. The molecule has 1 aliphatic carbocycles. The minimum atomic E-state index is -0.732. The van der Waals surface area contributed by atoms with E-state index in [-0.39, 0.29) is 42.6 Å². The van der Waals surface area contributed by atoms with Gasteiger partial charge in [-0.1, -0.05) is 6.07 Å². The van der Waals surface area contributed by atoms with Crippen molar-refractivity contribution in [1.29, 1.82) is 0 Å². The lowest BCUT2D eigenvalue weighted by Gasteiger charge is -2.37. The maximum Gasteiger partial charge on any atom is 0.249 e. The van der Waals surface area contributed by atoms with Gasteiger partial charge in [-0.15, -0.1) is 12.4 Å². The maximum absolute atomic E-state index is 14.3. The molecule has 1 saturated carbocycles. The average molecular weight is 483 g/mol. The Hall–Kier alpha value is -1.90. The number of hydrogen-bond donors (Lipinski definition) is 1. The highest BCUT2D eigenvalue weighted by Crippen LogP contribution is 2.33. The number of likely N-dealkylation sites (tertiary alicyclic amines) is 1. The molecule has 184 valence electrons. The van der Waals surface area contributed by atoms with Gasteiger partial charge in [-0.05, 0) is 58.7 Å². The van der Waals surface area contributed by atoms with Gasteiger partial charge in [0.25, 0.3) is 0 Å². The summed E-state index contributed by atoms with van der Waals surface area (Å²) in [5.41, 5.74) is 0.0685. The third-order valence-corrected chi connectivity index (χ3v) is 6.49. The first-order valence-corrected chi connectivity index (χ1v) is 11.8. The molecule has 0 radical (unpaired) electrons. The Balaban J connectivity index is 0.00000306. The fourth-order valence-corrected chi connectivity index (χ4v) is 4.67. The zero-order valence-electron chi connectivity index (χ0n) is 19.8. The largest absolute Gasteiger partial charge is 0.486 e. The summed E-state index contributed by atoms with van der Waals surface area (Å²) in [5, 5.41) is 3.35. The number of nitrogens with zero attached hydrogens (tertiary/aromatic N) is 3. The van der Waals surface area contributed by atoms with Crippen LogP contribution in [0.15, 0.2) is 18.2 Å². The van der Waals surface area contributed by atoms with Gasteiger partial charge in [0.15, 0.2) is 11.6 Å². The molecule has 2 aliphatic heterocycles. The van der Waals surface area contributed by atoms with E-state index in [1.807, 2.05) is 26.8 Å². The predicted molar refractivity (Wildman–Crippen MR) is 129 cm³/mol. The summed E-state index contributed by atoms with van der Waals surface area (Å²) >= 11 is 0. The molecule has 0 spiro atoms. The maximum atomic E-state index is 14.3. The zero-order valence-corrected chi connectivity index (χ0v) is 20.6. The number of amides is 2. The highest BCUT2D eigenvalue weighted by molar-refractivity contribution is 6.08. The third-order valence-electron chi connectivity index (χ3n) is 6.49. The van der Waals surface area contributed by atoms with Crippen molar-refractivity contribution in [3.63, 3.8) is 0 Å². The molecular weight excluding hydrogens is 447 g/mol. The number of piperazine rings is 1. The highest BCUT2D eigenvalue weighted by atomic mass is 35.5. The van der Waals surface area contributed by atoms with Gasteiger partial charge >= 0.3 is 0 Å². The first-order chi connectivity index (χ1) is 15.3. The molecule has 7 nitrogen and oxygen atoms in total. The van der Waals surface area contributed by atoms with Crippen molar-refractivity contribution >= 4 is 29.9 Å². The Bertz CT molecular complexity index is 858. The van der Waals surface area contributed by atoms with E-state index in [1.165, 1.54) is 11.0 Å². The standard InChI is InChI=1S/C24H35FN4O3.ClH/c1-17(2)32-22-19(25)6-4-7-20(22)28-14-12-27(13-15-28)10-5-11-29-21(30)16-24(3,23(29)31)26-18-8-9-18;/h4,6-7,17-18,26H,5,8-16H2,1-3H3;1H. The molecule has 9 heteroatoms. The van der Waals surface area contributed by atoms with Crippen molar-refractivity contribution in [3.05, 3.63) is 24.0 Å². The van der Waals surface area contributed by atoms with Crippen molar-refractivity contribution in [3.8, 4) is 5.75 Å². The Labute approximate surface area is 202 Å². The number of hydrogen-bond acceptors (Lipinski definition) is 6. The Morgan fingerprint density at radius 1 is 1.15 bits per heavy atom. The number of nitrogens with one attached hydrogen (secondary N) is 1. The lowest BCUT2D eigenvalue weighted by atomic mass is 10.0. The van der Waals surface area contributed by atoms with Crippen LogP contribution in [0.3, 0.4) is 0 Å². The molecule has 1 aromatic carbocycles. The summed E-state index contributed by atoms with van der Waals surface area (Å²) in [6, 6.07) is 5.45. The summed E-state index contributed by atoms with van der Waals surface area (Å²) in [6.45, 7) is 10.2. The van der Waals surface area contributed by atoms with Crippen LogP contribution in [-0.2, 0) is 9.59 Å². The van der Waals surface area contributed by atoms with Gasteiger partial charge in [-0.25, -0.2) is 4.39 Å². The van der Waals surface area contributed by atoms with Gasteiger partial charge in [0.05, 0.1) is 18.2 Å². The van der Waals surface area contributed by atoms with Crippen molar-refractivity contribution in [2.75, 3.05) is 44.2 Å². The lowest BCUT2D eigenvalue weighted by molar-refractivity contribution is -0.140. The van der Waals surface area contributed by atoms with Crippen molar-refractivity contribution < 1.29 is 18.7 Å². The summed E-state index contributed by atoms with van der Waals surface area (Å²) in [7, 11) is 0. The molecule has 3 fully saturated rings. The number of rotatable bonds is 9. The molecule has 33 heavy (non-hydrogen) atoms. The first-order valence-electron chi connectivity index (χ1n) is 11.8. The van der Waals surface area contributed by atoms with Gasteiger partial charge in [0.2, 0.25) is 11.8 Å². The van der Waals surface area contributed by atoms with E-state index in [4.69, 9.17) is 4.74 Å². The van der Waals surface area contributed by atoms with E-state index in [2.05, 4.69) is 15.1 Å². The highest BCUT2D eigenvalue weighted by Gasteiger charge is 2.49. The molecule has 1 aromatic rings. The molecule has 2 amide bonds. The van der Waals surface area contributed by atoms with Crippen LogP contribution >= 0.6 is 12.4 Å². The van der Waals surface area contributed by atoms with E-state index in [0.29, 0.717) is 18.3 Å². The molecule has 1 unspecified atom stereocenters. The number of imide groups is 1. The topological polar surface area (TPSA) is 65.1 Å². The van der Waals surface area contributed by atoms with Gasteiger partial charge < -0.3 is 15.0 Å². The van der Waals surface area contributed by atoms with Crippen LogP contribution in [0.4, 0.5) is 10.1 Å². The van der Waals surface area contributed by atoms with Crippen LogP contribution in [0.2, 0.25) is 0 Å². The third kappa shape index (κ3) is 5.97. The normalized spacial score (nSPS) is 23.9. The Morgan fingerprint density at radius 2 is 1.85 bits per heavy atom. The molecule has 3 aliphatic rings. The lowest BCUT2D eigenvalue weighted by Crippen LogP contribution is -2.50. The van der Waals surface area contributed by atoms with E-state index < -0.39 is 5.54 Å². The van der Waals surface area contributed by atoms with Crippen LogP contribution < -0.4 is 15.0 Å². The monoisotopic (exact) mass is 482 g/mol. The van der Waals surface area contributed by atoms with Crippen LogP contribution in [-0.4, -0.2) is 78.6 Å². The second-order valence-electron chi connectivity index (χ2n) is 9.71. The second kappa shape index (κ2) is 10.6. The van der Waals surface area contributed by atoms with E-state index >= 15 is 0 Å². The smallest absolute Gasteiger partial charge is 0.249 e. The number of carbonyl (C=O) groups excluding carboxylic acids is 2. The molecule has 1 N–H and O–H groups in total. The van der Waals surface area contributed by atoms with Crippen molar-refractivity contribution in [2.45, 2.75) is 64.1 Å².